The molecule has 2 heterocycles. The zero-order valence-electron chi connectivity index (χ0n) is 13.6. The fourth-order valence-corrected chi connectivity index (χ4v) is 3.12. The Morgan fingerprint density at radius 2 is 2.09 bits per heavy atom. The maximum atomic E-state index is 5.35. The molecule has 1 aromatic heterocycles. The minimum absolute atomic E-state index is 0.579. The lowest BCUT2D eigenvalue weighted by atomic mass is 9.98. The lowest BCUT2D eigenvalue weighted by Gasteiger charge is -2.34. The highest BCUT2D eigenvalue weighted by Gasteiger charge is 2.23. The van der Waals surface area contributed by atoms with E-state index in [1.54, 1.807) is 7.11 Å². The van der Waals surface area contributed by atoms with Gasteiger partial charge in [-0.15, -0.1) is 0 Å². The predicted octanol–water partition coefficient (Wildman–Crippen LogP) is 2.56. The van der Waals surface area contributed by atoms with E-state index in [1.165, 1.54) is 12.8 Å². The molecule has 1 unspecified atom stereocenters. The van der Waals surface area contributed by atoms with E-state index >= 15 is 0 Å². The molecule has 118 valence electrons. The Labute approximate surface area is 131 Å². The van der Waals surface area contributed by atoms with Gasteiger partial charge in [0.2, 0.25) is 5.95 Å². The number of piperidine rings is 1. The van der Waals surface area contributed by atoms with Crippen molar-refractivity contribution in [1.82, 2.24) is 9.97 Å². The maximum Gasteiger partial charge on any atom is 0.227 e. The molecule has 5 heteroatoms. The molecule has 1 saturated heterocycles. The molecular formula is C17H24N4O. The van der Waals surface area contributed by atoms with Gasteiger partial charge in [-0.25, -0.2) is 4.98 Å². The molecular weight excluding hydrogens is 276 g/mol. The van der Waals surface area contributed by atoms with Crippen LogP contribution >= 0.6 is 0 Å². The van der Waals surface area contributed by atoms with Gasteiger partial charge in [-0.3, -0.25) is 0 Å². The van der Waals surface area contributed by atoms with E-state index in [4.69, 9.17) is 9.72 Å². The summed E-state index contributed by atoms with van der Waals surface area (Å²) < 4.78 is 5.35. The van der Waals surface area contributed by atoms with Crippen LogP contribution in [0.5, 0.6) is 0 Å². The van der Waals surface area contributed by atoms with Crippen molar-refractivity contribution in [1.29, 1.82) is 0 Å². The second-order valence-electron chi connectivity index (χ2n) is 6.17. The molecule has 5 nitrogen and oxygen atoms in total. The van der Waals surface area contributed by atoms with Gasteiger partial charge in [-0.1, -0.05) is 12.1 Å². The normalized spacial score (nSPS) is 18.7. The summed E-state index contributed by atoms with van der Waals surface area (Å²) in [5, 5.41) is 1.13. The number of anilines is 2. The average Bonchev–Trinajstić information content (AvgIpc) is 2.54. The molecule has 1 aromatic carbocycles. The number of rotatable bonds is 4. The van der Waals surface area contributed by atoms with Crippen LogP contribution in [0.3, 0.4) is 0 Å². The Balaban J connectivity index is 2.01. The first-order chi connectivity index (χ1) is 10.7. The first kappa shape index (κ1) is 15.0. The van der Waals surface area contributed by atoms with Crippen LogP contribution in [0.1, 0.15) is 12.8 Å². The first-order valence-electron chi connectivity index (χ1n) is 7.87. The molecule has 1 atom stereocenters. The van der Waals surface area contributed by atoms with E-state index < -0.39 is 0 Å². The molecule has 0 radical (unpaired) electrons. The fourth-order valence-electron chi connectivity index (χ4n) is 3.12. The summed E-state index contributed by atoms with van der Waals surface area (Å²) in [4.78, 5) is 13.8. The fraction of sp³-hybridized carbons (Fsp3) is 0.529. The summed E-state index contributed by atoms with van der Waals surface area (Å²) in [6.45, 7) is 2.87. The van der Waals surface area contributed by atoms with Crippen molar-refractivity contribution in [2.75, 3.05) is 50.7 Å². The van der Waals surface area contributed by atoms with Crippen LogP contribution in [-0.4, -0.2) is 50.9 Å². The van der Waals surface area contributed by atoms with E-state index in [9.17, 15) is 0 Å². The highest BCUT2D eigenvalue weighted by atomic mass is 16.5. The van der Waals surface area contributed by atoms with Crippen molar-refractivity contribution >= 4 is 22.7 Å². The summed E-state index contributed by atoms with van der Waals surface area (Å²) in [7, 11) is 5.75. The van der Waals surface area contributed by atoms with Gasteiger partial charge in [0, 0.05) is 39.7 Å². The molecule has 0 aliphatic carbocycles. The van der Waals surface area contributed by atoms with Crippen molar-refractivity contribution in [2.45, 2.75) is 12.8 Å². The Bertz CT molecular complexity index is 642. The minimum atomic E-state index is 0.579. The maximum absolute atomic E-state index is 5.35. The summed E-state index contributed by atoms with van der Waals surface area (Å²) in [5.41, 5.74) is 1.00. The van der Waals surface area contributed by atoms with Crippen molar-refractivity contribution in [3.05, 3.63) is 24.3 Å². The molecule has 2 aromatic rings. The zero-order valence-corrected chi connectivity index (χ0v) is 13.6. The van der Waals surface area contributed by atoms with E-state index in [0.717, 1.165) is 42.4 Å². The molecule has 0 saturated carbocycles. The monoisotopic (exact) mass is 300 g/mol. The topological polar surface area (TPSA) is 41.5 Å². The molecule has 22 heavy (non-hydrogen) atoms. The third-order valence-corrected chi connectivity index (χ3v) is 4.19. The molecule has 0 amide bonds. The van der Waals surface area contributed by atoms with Crippen LogP contribution in [0.25, 0.3) is 10.9 Å². The summed E-state index contributed by atoms with van der Waals surface area (Å²) in [6.07, 6.45) is 2.41. The third kappa shape index (κ3) is 2.99. The summed E-state index contributed by atoms with van der Waals surface area (Å²) in [5.74, 6) is 2.40. The van der Waals surface area contributed by atoms with Gasteiger partial charge in [-0.05, 0) is 30.9 Å². The van der Waals surface area contributed by atoms with Gasteiger partial charge < -0.3 is 14.5 Å². The number of methoxy groups -OCH3 is 1. The quantitative estimate of drug-likeness (QED) is 0.868. The van der Waals surface area contributed by atoms with Gasteiger partial charge >= 0.3 is 0 Å². The van der Waals surface area contributed by atoms with Gasteiger partial charge in [-0.2, -0.15) is 4.98 Å². The number of para-hydroxylation sites is 1. The lowest BCUT2D eigenvalue weighted by Crippen LogP contribution is -2.38. The number of ether oxygens (including phenoxy) is 1. The molecule has 1 aliphatic rings. The van der Waals surface area contributed by atoms with E-state index in [2.05, 4.69) is 28.1 Å². The minimum Gasteiger partial charge on any atom is -0.384 e. The Hall–Kier alpha value is -1.88. The number of nitrogens with zero attached hydrogens (tertiary/aromatic N) is 4. The second kappa shape index (κ2) is 6.48. The van der Waals surface area contributed by atoms with Gasteiger partial charge in [0.05, 0.1) is 12.1 Å². The number of fused-ring (bicyclic) bond motifs is 1. The summed E-state index contributed by atoms with van der Waals surface area (Å²) in [6, 6.07) is 8.26. The second-order valence-corrected chi connectivity index (χ2v) is 6.17. The van der Waals surface area contributed by atoms with E-state index in [0.29, 0.717) is 5.92 Å². The molecule has 0 bridgehead atoms. The van der Waals surface area contributed by atoms with Crippen LogP contribution in [-0.2, 0) is 4.74 Å². The average molecular weight is 300 g/mol. The van der Waals surface area contributed by atoms with Gasteiger partial charge in [0.1, 0.15) is 5.82 Å². The van der Waals surface area contributed by atoms with Crippen LogP contribution in [0, 0.1) is 5.92 Å². The smallest absolute Gasteiger partial charge is 0.227 e. The van der Waals surface area contributed by atoms with Gasteiger partial charge in [0.15, 0.2) is 0 Å². The van der Waals surface area contributed by atoms with Crippen molar-refractivity contribution in [3.8, 4) is 0 Å². The Morgan fingerprint density at radius 1 is 1.27 bits per heavy atom. The van der Waals surface area contributed by atoms with E-state index in [-0.39, 0.29) is 0 Å². The van der Waals surface area contributed by atoms with Crippen LogP contribution < -0.4 is 9.80 Å². The molecule has 0 spiro atoms. The SMILES string of the molecule is COCC1CCCN(c2nc(N(C)C)nc3ccccc23)C1. The van der Waals surface area contributed by atoms with E-state index in [1.807, 2.05) is 25.1 Å². The van der Waals surface area contributed by atoms with Crippen molar-refractivity contribution in [2.24, 2.45) is 5.92 Å². The zero-order chi connectivity index (χ0) is 15.5. The number of aromatic nitrogens is 2. The van der Waals surface area contributed by atoms with Gasteiger partial charge in [0.25, 0.3) is 0 Å². The standard InChI is InChI=1S/C17H24N4O/c1-20(2)17-18-15-9-5-4-8-14(15)16(19-17)21-10-6-7-13(11-21)12-22-3/h4-5,8-9,13H,6-7,10-12H2,1-3H3. The van der Waals surface area contributed by atoms with Crippen LogP contribution in [0.15, 0.2) is 24.3 Å². The van der Waals surface area contributed by atoms with Crippen molar-refractivity contribution in [3.63, 3.8) is 0 Å². The highest BCUT2D eigenvalue weighted by molar-refractivity contribution is 5.90. The molecule has 1 aliphatic heterocycles. The predicted molar refractivity (Wildman–Crippen MR) is 90.7 cm³/mol. The first-order valence-corrected chi connectivity index (χ1v) is 7.87. The summed E-state index contributed by atoms with van der Waals surface area (Å²) >= 11 is 0. The number of hydrogen-bond donors (Lipinski definition) is 0. The molecule has 3 rings (SSSR count). The number of benzene rings is 1. The third-order valence-electron chi connectivity index (χ3n) is 4.19. The Morgan fingerprint density at radius 3 is 2.86 bits per heavy atom. The molecule has 0 N–H and O–H groups in total. The molecule has 1 fully saturated rings. The highest BCUT2D eigenvalue weighted by Crippen LogP contribution is 2.29. The Kier molecular flexibility index (Phi) is 4.43. The van der Waals surface area contributed by atoms with Crippen LogP contribution in [0.4, 0.5) is 11.8 Å². The van der Waals surface area contributed by atoms with Crippen molar-refractivity contribution < 1.29 is 4.74 Å². The largest absolute Gasteiger partial charge is 0.384 e. The van der Waals surface area contributed by atoms with Crippen LogP contribution in [0.2, 0.25) is 0 Å². The lowest BCUT2D eigenvalue weighted by molar-refractivity contribution is 0.143. The number of hydrogen-bond acceptors (Lipinski definition) is 5.